The summed E-state index contributed by atoms with van der Waals surface area (Å²) >= 11 is 0. The molecule has 0 atom stereocenters. The molecule has 0 aliphatic carbocycles. The Labute approximate surface area is 158 Å². The van der Waals surface area contributed by atoms with Crippen LogP contribution in [0.4, 0.5) is 9.18 Å². The lowest BCUT2D eigenvalue weighted by atomic mass is 10.2. The predicted octanol–water partition coefficient (Wildman–Crippen LogP) is 0.424. The van der Waals surface area contributed by atoms with Crippen LogP contribution >= 0.6 is 0 Å². The van der Waals surface area contributed by atoms with Crippen molar-refractivity contribution < 1.29 is 23.5 Å². The van der Waals surface area contributed by atoms with Crippen molar-refractivity contribution in [1.29, 1.82) is 0 Å². The van der Waals surface area contributed by atoms with Crippen LogP contribution in [0.2, 0.25) is 0 Å². The Hall–Kier alpha value is -2.23. The monoisotopic (exact) mass is 382 g/mol. The second-order valence-corrected chi connectivity index (χ2v) is 6.32. The van der Waals surface area contributed by atoms with Gasteiger partial charge in [0, 0.05) is 46.4 Å². The maximum atomic E-state index is 13.8. The third-order valence-electron chi connectivity index (χ3n) is 4.30. The molecular formula is C18H27FN4O4. The third-order valence-corrected chi connectivity index (χ3v) is 4.30. The van der Waals surface area contributed by atoms with Crippen molar-refractivity contribution in [1.82, 2.24) is 20.4 Å². The Balaban J connectivity index is 1.69. The molecule has 150 valence electrons. The number of nitrogens with one attached hydrogen (secondary N) is 2. The molecule has 0 spiro atoms. The van der Waals surface area contributed by atoms with Gasteiger partial charge in [0.1, 0.15) is 0 Å². The van der Waals surface area contributed by atoms with Gasteiger partial charge in [-0.2, -0.15) is 0 Å². The Kier molecular flexibility index (Phi) is 8.43. The van der Waals surface area contributed by atoms with Crippen LogP contribution in [-0.2, 0) is 16.1 Å². The molecule has 0 aromatic heterocycles. The molecule has 8 nitrogen and oxygen atoms in total. The van der Waals surface area contributed by atoms with E-state index in [0.717, 1.165) is 18.7 Å². The first kappa shape index (κ1) is 21.1. The van der Waals surface area contributed by atoms with Crippen molar-refractivity contribution in [3.05, 3.63) is 29.6 Å². The van der Waals surface area contributed by atoms with E-state index >= 15 is 0 Å². The summed E-state index contributed by atoms with van der Waals surface area (Å²) in [5, 5.41) is 4.84. The van der Waals surface area contributed by atoms with Gasteiger partial charge >= 0.3 is 6.03 Å². The summed E-state index contributed by atoms with van der Waals surface area (Å²) in [5.74, 6) is -0.467. The molecule has 1 fully saturated rings. The van der Waals surface area contributed by atoms with E-state index in [0.29, 0.717) is 32.8 Å². The topological polar surface area (TPSA) is 83.1 Å². The fraction of sp³-hybridized carbons (Fsp3) is 0.556. The summed E-state index contributed by atoms with van der Waals surface area (Å²) < 4.78 is 23.5. The third kappa shape index (κ3) is 7.12. The lowest BCUT2D eigenvalue weighted by Crippen LogP contribution is -2.50. The number of urea groups is 1. The number of carbonyl (C=O) groups is 2. The quantitative estimate of drug-likeness (QED) is 0.635. The number of carbonyl (C=O) groups excluding carboxylic acids is 2. The summed E-state index contributed by atoms with van der Waals surface area (Å²) in [7, 11) is 2.98. The highest BCUT2D eigenvalue weighted by molar-refractivity contribution is 5.95. The van der Waals surface area contributed by atoms with E-state index in [4.69, 9.17) is 9.47 Å². The number of imide groups is 1. The van der Waals surface area contributed by atoms with Crippen molar-refractivity contribution >= 4 is 11.9 Å². The second kappa shape index (κ2) is 10.8. The number of halogens is 1. The summed E-state index contributed by atoms with van der Waals surface area (Å²) in [6.45, 7) is 4.49. The number of hydrogen-bond donors (Lipinski definition) is 2. The van der Waals surface area contributed by atoms with Crippen LogP contribution in [0.15, 0.2) is 18.2 Å². The number of hydrogen-bond acceptors (Lipinski definition) is 6. The van der Waals surface area contributed by atoms with Crippen LogP contribution < -0.4 is 15.4 Å². The Morgan fingerprint density at radius 3 is 2.48 bits per heavy atom. The highest BCUT2D eigenvalue weighted by Crippen LogP contribution is 2.19. The Bertz CT molecular complexity index is 636. The number of benzene rings is 1. The molecule has 3 amide bonds. The summed E-state index contributed by atoms with van der Waals surface area (Å²) in [6.07, 6.45) is 0. The van der Waals surface area contributed by atoms with Gasteiger partial charge in [-0.1, -0.05) is 6.07 Å². The summed E-state index contributed by atoms with van der Waals surface area (Å²) in [5.41, 5.74) is 0.882. The predicted molar refractivity (Wildman–Crippen MR) is 98.1 cm³/mol. The van der Waals surface area contributed by atoms with Crippen LogP contribution in [0.5, 0.6) is 5.75 Å². The minimum atomic E-state index is -0.516. The first-order valence-electron chi connectivity index (χ1n) is 8.85. The molecule has 1 aromatic rings. The van der Waals surface area contributed by atoms with Crippen LogP contribution in [-0.4, -0.2) is 81.8 Å². The van der Waals surface area contributed by atoms with Gasteiger partial charge in [0.05, 0.1) is 20.3 Å². The van der Waals surface area contributed by atoms with Gasteiger partial charge in [-0.3, -0.25) is 19.9 Å². The molecule has 1 aliphatic rings. The van der Waals surface area contributed by atoms with Crippen LogP contribution in [0.25, 0.3) is 0 Å². The van der Waals surface area contributed by atoms with Gasteiger partial charge < -0.3 is 14.8 Å². The van der Waals surface area contributed by atoms with Gasteiger partial charge in [-0.05, 0) is 17.7 Å². The number of nitrogens with zero attached hydrogens (tertiary/aromatic N) is 2. The van der Waals surface area contributed by atoms with Crippen molar-refractivity contribution in [2.24, 2.45) is 0 Å². The van der Waals surface area contributed by atoms with Crippen molar-refractivity contribution in [2.75, 3.05) is 60.1 Å². The fourth-order valence-electron chi connectivity index (χ4n) is 2.85. The lowest BCUT2D eigenvalue weighted by Gasteiger charge is -2.34. The first-order valence-corrected chi connectivity index (χ1v) is 8.85. The average Bonchev–Trinajstić information content (AvgIpc) is 2.63. The standard InChI is InChI=1S/C18H27FN4O4/c1-26-10-5-20-18(25)21-17(24)13-23-8-6-22(7-9-23)12-14-3-4-16(27-2)15(19)11-14/h3-4,11H,5-10,12-13H2,1-2H3,(H2,20,21,24,25). The molecule has 27 heavy (non-hydrogen) atoms. The zero-order valence-electron chi connectivity index (χ0n) is 15.8. The van der Waals surface area contributed by atoms with E-state index < -0.39 is 6.03 Å². The largest absolute Gasteiger partial charge is 0.494 e. The zero-order chi connectivity index (χ0) is 19.6. The summed E-state index contributed by atoms with van der Waals surface area (Å²) in [6, 6.07) is 4.45. The van der Waals surface area contributed by atoms with Gasteiger partial charge in [0.2, 0.25) is 5.91 Å². The van der Waals surface area contributed by atoms with Crippen LogP contribution in [0.3, 0.4) is 0 Å². The van der Waals surface area contributed by atoms with Gasteiger partial charge in [0.15, 0.2) is 11.6 Å². The molecular weight excluding hydrogens is 355 g/mol. The van der Waals surface area contributed by atoms with Gasteiger partial charge in [-0.15, -0.1) is 0 Å². The van der Waals surface area contributed by atoms with E-state index in [2.05, 4.69) is 15.5 Å². The molecule has 1 aromatic carbocycles. The number of ether oxygens (including phenoxy) is 2. The number of rotatable bonds is 8. The Morgan fingerprint density at radius 2 is 1.85 bits per heavy atom. The molecule has 1 heterocycles. The maximum Gasteiger partial charge on any atom is 0.321 e. The molecule has 0 unspecified atom stereocenters. The number of amides is 3. The normalized spacial score (nSPS) is 15.4. The number of methoxy groups -OCH3 is 2. The fourth-order valence-corrected chi connectivity index (χ4v) is 2.85. The van der Waals surface area contributed by atoms with E-state index in [-0.39, 0.29) is 24.0 Å². The molecule has 9 heteroatoms. The molecule has 1 saturated heterocycles. The molecule has 2 N–H and O–H groups in total. The van der Waals surface area contributed by atoms with Crippen LogP contribution in [0.1, 0.15) is 5.56 Å². The highest BCUT2D eigenvalue weighted by atomic mass is 19.1. The van der Waals surface area contributed by atoms with Crippen molar-refractivity contribution in [2.45, 2.75) is 6.54 Å². The SMILES string of the molecule is COCCNC(=O)NC(=O)CN1CCN(Cc2ccc(OC)c(F)c2)CC1. The second-order valence-electron chi connectivity index (χ2n) is 6.32. The molecule has 0 radical (unpaired) electrons. The minimum Gasteiger partial charge on any atom is -0.494 e. The molecule has 0 saturated carbocycles. The van der Waals surface area contributed by atoms with Crippen LogP contribution in [0, 0.1) is 5.82 Å². The van der Waals surface area contributed by atoms with Crippen molar-refractivity contribution in [3.8, 4) is 5.75 Å². The lowest BCUT2D eigenvalue weighted by molar-refractivity contribution is -0.121. The van der Waals surface area contributed by atoms with E-state index in [1.807, 2.05) is 11.0 Å². The Morgan fingerprint density at radius 1 is 1.15 bits per heavy atom. The zero-order valence-corrected chi connectivity index (χ0v) is 15.8. The van der Waals surface area contributed by atoms with E-state index in [9.17, 15) is 14.0 Å². The molecule has 1 aliphatic heterocycles. The van der Waals surface area contributed by atoms with E-state index in [1.165, 1.54) is 20.3 Å². The van der Waals surface area contributed by atoms with Gasteiger partial charge in [-0.25, -0.2) is 9.18 Å². The summed E-state index contributed by atoms with van der Waals surface area (Å²) in [4.78, 5) is 27.6. The minimum absolute atomic E-state index is 0.169. The first-order chi connectivity index (χ1) is 13.0. The average molecular weight is 382 g/mol. The number of piperazine rings is 1. The molecule has 0 bridgehead atoms. The smallest absolute Gasteiger partial charge is 0.321 e. The highest BCUT2D eigenvalue weighted by Gasteiger charge is 2.20. The van der Waals surface area contributed by atoms with Crippen molar-refractivity contribution in [3.63, 3.8) is 0 Å². The molecule has 2 rings (SSSR count). The maximum absolute atomic E-state index is 13.8. The van der Waals surface area contributed by atoms with Gasteiger partial charge in [0.25, 0.3) is 0 Å². The van der Waals surface area contributed by atoms with E-state index in [1.54, 1.807) is 6.07 Å².